The number of carbonyl (C=O) groups is 1. The zero-order valence-corrected chi connectivity index (χ0v) is 18.7. The van der Waals surface area contributed by atoms with Gasteiger partial charge in [0.05, 0.1) is 22.1 Å². The van der Waals surface area contributed by atoms with E-state index in [2.05, 4.69) is 5.32 Å². The Hall–Kier alpha value is -3.92. The average Bonchev–Trinajstić information content (AvgIpc) is 2.82. The number of nitrogens with zero attached hydrogens (tertiary/aromatic N) is 2. The highest BCUT2D eigenvalue weighted by molar-refractivity contribution is 7.92. The maximum Gasteiger partial charge on any atom is 0.269 e. The molecule has 0 aromatic heterocycles. The molecule has 0 radical (unpaired) electrons. The number of hydrogen-bond donors (Lipinski definition) is 1. The fraction of sp³-hybridized carbons (Fsp3) is 0.174. The summed E-state index contributed by atoms with van der Waals surface area (Å²) in [4.78, 5) is 22.9. The zero-order valence-electron chi connectivity index (χ0n) is 17.9. The highest BCUT2D eigenvalue weighted by Gasteiger charge is 2.27. The van der Waals surface area contributed by atoms with Crippen molar-refractivity contribution < 1.29 is 22.9 Å². The number of nitro groups is 1. The molecule has 0 fully saturated rings. The minimum Gasteiger partial charge on any atom is -0.492 e. The number of anilines is 1. The summed E-state index contributed by atoms with van der Waals surface area (Å²) in [5, 5.41) is 13.6. The number of ether oxygens (including phenoxy) is 1. The van der Waals surface area contributed by atoms with Crippen molar-refractivity contribution in [3.05, 3.63) is 94.5 Å². The SMILES string of the molecule is Cc1ccc(OCCNC(=O)CN(c2ccc([N+](=O)[O-])cc2)S(=O)(=O)c2ccccc2)cc1. The molecule has 1 amide bonds. The Bertz CT molecular complexity index is 1200. The van der Waals surface area contributed by atoms with Gasteiger partial charge in [0.1, 0.15) is 18.9 Å². The lowest BCUT2D eigenvalue weighted by atomic mass is 10.2. The second-order valence-corrected chi connectivity index (χ2v) is 8.97. The zero-order chi connectivity index (χ0) is 23.8. The van der Waals surface area contributed by atoms with Gasteiger partial charge in [0.2, 0.25) is 5.91 Å². The van der Waals surface area contributed by atoms with Crippen LogP contribution in [-0.4, -0.2) is 38.9 Å². The van der Waals surface area contributed by atoms with Crippen molar-refractivity contribution in [2.24, 2.45) is 0 Å². The molecule has 0 aliphatic heterocycles. The summed E-state index contributed by atoms with van der Waals surface area (Å²) in [7, 11) is -4.09. The molecule has 172 valence electrons. The van der Waals surface area contributed by atoms with Crippen molar-refractivity contribution in [3.8, 4) is 5.75 Å². The van der Waals surface area contributed by atoms with Crippen molar-refractivity contribution in [1.82, 2.24) is 5.32 Å². The number of nitrogens with one attached hydrogen (secondary N) is 1. The van der Waals surface area contributed by atoms with Crippen molar-refractivity contribution in [1.29, 1.82) is 0 Å². The molecule has 0 aliphatic carbocycles. The third-order valence-corrected chi connectivity index (χ3v) is 6.47. The quantitative estimate of drug-likeness (QED) is 0.276. The number of nitro benzene ring substituents is 1. The number of sulfonamides is 1. The van der Waals surface area contributed by atoms with Gasteiger partial charge in [0.25, 0.3) is 15.7 Å². The number of benzene rings is 3. The molecule has 3 aromatic carbocycles. The molecule has 0 saturated heterocycles. The molecule has 0 saturated carbocycles. The third-order valence-electron chi connectivity index (χ3n) is 4.68. The fourth-order valence-corrected chi connectivity index (χ4v) is 4.40. The molecule has 0 aliphatic rings. The molecule has 10 heteroatoms. The van der Waals surface area contributed by atoms with Gasteiger partial charge in [-0.3, -0.25) is 19.2 Å². The van der Waals surface area contributed by atoms with Gasteiger partial charge in [0.15, 0.2) is 0 Å². The lowest BCUT2D eigenvalue weighted by Crippen LogP contribution is -2.41. The predicted molar refractivity (Wildman–Crippen MR) is 124 cm³/mol. The average molecular weight is 470 g/mol. The first-order valence-corrected chi connectivity index (χ1v) is 11.5. The lowest BCUT2D eigenvalue weighted by Gasteiger charge is -2.24. The van der Waals surface area contributed by atoms with E-state index in [1.165, 1.54) is 36.4 Å². The van der Waals surface area contributed by atoms with Gasteiger partial charge >= 0.3 is 0 Å². The Morgan fingerprint density at radius 2 is 1.64 bits per heavy atom. The van der Waals surface area contributed by atoms with E-state index >= 15 is 0 Å². The van der Waals surface area contributed by atoms with Crippen LogP contribution in [0.15, 0.2) is 83.8 Å². The lowest BCUT2D eigenvalue weighted by molar-refractivity contribution is -0.384. The van der Waals surface area contributed by atoms with Crippen LogP contribution in [0, 0.1) is 17.0 Å². The standard InChI is InChI=1S/C23H23N3O6S/c1-18-7-13-21(14-8-18)32-16-15-24-23(27)17-25(19-9-11-20(12-10-19)26(28)29)33(30,31)22-5-3-2-4-6-22/h2-14H,15-17H2,1H3,(H,24,27). The highest BCUT2D eigenvalue weighted by atomic mass is 32.2. The molecule has 3 aromatic rings. The molecule has 0 spiro atoms. The number of non-ortho nitro benzene ring substituents is 1. The fourth-order valence-electron chi connectivity index (χ4n) is 2.96. The normalized spacial score (nSPS) is 10.9. The van der Waals surface area contributed by atoms with Gasteiger partial charge < -0.3 is 10.1 Å². The first-order valence-electron chi connectivity index (χ1n) is 10.1. The Balaban J connectivity index is 1.71. The Kier molecular flexibility index (Phi) is 7.62. The van der Waals surface area contributed by atoms with Crippen LogP contribution in [0.25, 0.3) is 0 Å². The molecule has 0 heterocycles. The molecule has 3 rings (SSSR count). The van der Waals surface area contributed by atoms with Crippen molar-refractivity contribution in [2.75, 3.05) is 24.0 Å². The van der Waals surface area contributed by atoms with Crippen LogP contribution in [0.4, 0.5) is 11.4 Å². The topological polar surface area (TPSA) is 119 Å². The van der Waals surface area contributed by atoms with E-state index in [1.54, 1.807) is 18.2 Å². The van der Waals surface area contributed by atoms with Crippen LogP contribution in [0.5, 0.6) is 5.75 Å². The minimum atomic E-state index is -4.09. The molecule has 33 heavy (non-hydrogen) atoms. The van der Waals surface area contributed by atoms with E-state index < -0.39 is 27.4 Å². The first kappa shape index (κ1) is 23.7. The van der Waals surface area contributed by atoms with E-state index in [1.807, 2.05) is 31.2 Å². The van der Waals surface area contributed by atoms with E-state index in [-0.39, 0.29) is 29.4 Å². The largest absolute Gasteiger partial charge is 0.492 e. The van der Waals surface area contributed by atoms with Gasteiger partial charge in [-0.25, -0.2) is 8.42 Å². The van der Waals surface area contributed by atoms with Crippen molar-refractivity contribution in [3.63, 3.8) is 0 Å². The van der Waals surface area contributed by atoms with E-state index in [9.17, 15) is 23.3 Å². The Labute approximate surface area is 191 Å². The van der Waals surface area contributed by atoms with Gasteiger partial charge in [-0.05, 0) is 43.3 Å². The summed E-state index contributed by atoms with van der Waals surface area (Å²) in [5.41, 5.74) is 1.05. The minimum absolute atomic E-state index is 0.00106. The predicted octanol–water partition coefficient (Wildman–Crippen LogP) is 3.29. The van der Waals surface area contributed by atoms with E-state index in [4.69, 9.17) is 4.74 Å². The second-order valence-electron chi connectivity index (χ2n) is 7.11. The summed E-state index contributed by atoms with van der Waals surface area (Å²) in [6.45, 7) is 1.84. The van der Waals surface area contributed by atoms with Crippen LogP contribution in [0.3, 0.4) is 0 Å². The van der Waals surface area contributed by atoms with Gasteiger partial charge in [-0.1, -0.05) is 35.9 Å². The van der Waals surface area contributed by atoms with Crippen LogP contribution in [-0.2, 0) is 14.8 Å². The van der Waals surface area contributed by atoms with Crippen molar-refractivity contribution in [2.45, 2.75) is 11.8 Å². The molecule has 0 unspecified atom stereocenters. The summed E-state index contributed by atoms with van der Waals surface area (Å²) in [5.74, 6) is 0.120. The molecule has 0 atom stereocenters. The smallest absolute Gasteiger partial charge is 0.269 e. The molecular weight excluding hydrogens is 446 g/mol. The van der Waals surface area contributed by atoms with Crippen LogP contribution < -0.4 is 14.4 Å². The Morgan fingerprint density at radius 1 is 1.00 bits per heavy atom. The number of amides is 1. The highest BCUT2D eigenvalue weighted by Crippen LogP contribution is 2.25. The number of rotatable bonds is 10. The molecular formula is C23H23N3O6S. The van der Waals surface area contributed by atoms with Gasteiger partial charge in [-0.2, -0.15) is 0 Å². The van der Waals surface area contributed by atoms with E-state index in [0.29, 0.717) is 5.75 Å². The monoisotopic (exact) mass is 469 g/mol. The Morgan fingerprint density at radius 3 is 2.24 bits per heavy atom. The number of hydrogen-bond acceptors (Lipinski definition) is 6. The molecule has 1 N–H and O–H groups in total. The molecule has 9 nitrogen and oxygen atoms in total. The van der Waals surface area contributed by atoms with E-state index in [0.717, 1.165) is 9.87 Å². The maximum atomic E-state index is 13.2. The van der Waals surface area contributed by atoms with Crippen LogP contribution in [0.1, 0.15) is 5.56 Å². The first-order chi connectivity index (χ1) is 15.8. The second kappa shape index (κ2) is 10.6. The van der Waals surface area contributed by atoms with Crippen LogP contribution in [0.2, 0.25) is 0 Å². The van der Waals surface area contributed by atoms with Gasteiger partial charge in [0, 0.05) is 12.1 Å². The van der Waals surface area contributed by atoms with Gasteiger partial charge in [-0.15, -0.1) is 0 Å². The summed E-state index contributed by atoms with van der Waals surface area (Å²) in [6.07, 6.45) is 0. The summed E-state index contributed by atoms with van der Waals surface area (Å²) in [6, 6.07) is 20.1. The van der Waals surface area contributed by atoms with Crippen LogP contribution >= 0.6 is 0 Å². The summed E-state index contributed by atoms with van der Waals surface area (Å²) < 4.78 is 32.9. The number of carbonyl (C=O) groups excluding carboxylic acids is 1. The summed E-state index contributed by atoms with van der Waals surface area (Å²) >= 11 is 0. The van der Waals surface area contributed by atoms with Crippen molar-refractivity contribution >= 4 is 27.3 Å². The maximum absolute atomic E-state index is 13.2. The molecule has 0 bridgehead atoms. The number of aryl methyl sites for hydroxylation is 1. The third kappa shape index (κ3) is 6.30.